The van der Waals surface area contributed by atoms with Crippen LogP contribution >= 0.6 is 0 Å². The molecule has 2 amide bonds. The Kier molecular flexibility index (Phi) is 5.66. The van der Waals surface area contributed by atoms with Crippen molar-refractivity contribution >= 4 is 40.0 Å². The Hall–Kier alpha value is -4.58. The molecule has 2 saturated heterocycles. The number of piperidine rings is 1. The van der Waals surface area contributed by atoms with Gasteiger partial charge in [-0.15, -0.1) is 0 Å². The average molecular weight is 546 g/mol. The number of carbonyl (C=O) groups is 2. The number of halogens is 2. The molecule has 7 rings (SSSR count). The van der Waals surface area contributed by atoms with Gasteiger partial charge in [0.1, 0.15) is 22.4 Å². The van der Waals surface area contributed by atoms with Gasteiger partial charge in [0.2, 0.25) is 11.8 Å². The van der Waals surface area contributed by atoms with Crippen LogP contribution in [0, 0.1) is 23.0 Å². The van der Waals surface area contributed by atoms with E-state index in [-0.39, 0.29) is 23.3 Å². The minimum Gasteiger partial charge on any atom is -0.453 e. The molecule has 2 aliphatic heterocycles. The number of aromatic amines is 1. The first-order chi connectivity index (χ1) is 19.4. The van der Waals surface area contributed by atoms with Crippen molar-refractivity contribution in [1.29, 1.82) is 0 Å². The quantitative estimate of drug-likeness (QED) is 0.318. The number of nitrogens with zero attached hydrogens (tertiary/aromatic N) is 4. The van der Waals surface area contributed by atoms with E-state index in [1.807, 2.05) is 0 Å². The molecule has 0 radical (unpaired) electrons. The summed E-state index contributed by atoms with van der Waals surface area (Å²) in [5, 5.41) is 14.0. The Labute approximate surface area is 227 Å². The third kappa shape index (κ3) is 3.94. The molecule has 1 aliphatic carbocycles. The molecule has 0 spiro atoms. The topological polar surface area (TPSA) is 115 Å². The van der Waals surface area contributed by atoms with E-state index < -0.39 is 23.0 Å². The van der Waals surface area contributed by atoms with E-state index in [1.54, 1.807) is 12.3 Å². The third-order valence-electron chi connectivity index (χ3n) is 7.91. The smallest absolute Gasteiger partial charge is 0.243 e. The molecular formula is C28H25F2N7O3. The highest BCUT2D eigenvalue weighted by molar-refractivity contribution is 6.20. The van der Waals surface area contributed by atoms with Gasteiger partial charge in [-0.2, -0.15) is 5.10 Å². The maximum atomic E-state index is 15.2. The van der Waals surface area contributed by atoms with Crippen LogP contribution in [-0.2, 0) is 9.59 Å². The number of rotatable bonds is 6. The van der Waals surface area contributed by atoms with E-state index in [1.165, 1.54) is 47.4 Å². The van der Waals surface area contributed by atoms with Crippen LogP contribution in [0.2, 0.25) is 0 Å². The van der Waals surface area contributed by atoms with Crippen LogP contribution in [0.1, 0.15) is 6.42 Å². The van der Waals surface area contributed by atoms with Crippen LogP contribution in [0.3, 0.4) is 0 Å². The zero-order valence-electron chi connectivity index (χ0n) is 21.3. The van der Waals surface area contributed by atoms with Gasteiger partial charge in [-0.25, -0.2) is 13.8 Å². The summed E-state index contributed by atoms with van der Waals surface area (Å²) in [4.78, 5) is 34.3. The monoisotopic (exact) mass is 545 g/mol. The van der Waals surface area contributed by atoms with E-state index in [9.17, 15) is 14.0 Å². The number of nitrogens with one attached hydrogen (secondary N) is 3. The molecule has 10 nitrogen and oxygen atoms in total. The zero-order chi connectivity index (χ0) is 27.4. The second kappa shape index (κ2) is 9.26. The lowest BCUT2D eigenvalue weighted by molar-refractivity contribution is -0.131. The summed E-state index contributed by atoms with van der Waals surface area (Å²) < 4.78 is 34.5. The molecule has 0 bridgehead atoms. The summed E-state index contributed by atoms with van der Waals surface area (Å²) in [6.07, 6.45) is 1.99. The molecule has 2 aromatic heterocycles. The standard InChI is InChI=1S/C28H25F2N7O3/c29-17-1-4-19(5-2-17)37-15-16-14-28(16,27(37)39)26(38)33-18-3-6-21(20(30)13-18)40-22-7-8-32-24-23(22)25(35-34-24)36-11-9-31-10-12-36/h1-8,13,16,31H,9-12,14-15H2,(H,33,38)(H,32,34,35). The number of pyridine rings is 1. The van der Waals surface area contributed by atoms with Gasteiger partial charge in [0, 0.05) is 68.3 Å². The molecule has 3 N–H and O–H groups in total. The average Bonchev–Trinajstić information content (AvgIpc) is 3.41. The summed E-state index contributed by atoms with van der Waals surface area (Å²) in [6.45, 7) is 3.56. The van der Waals surface area contributed by atoms with Crippen molar-refractivity contribution in [3.8, 4) is 11.5 Å². The second-order valence-corrected chi connectivity index (χ2v) is 10.3. The van der Waals surface area contributed by atoms with Crippen LogP contribution in [-0.4, -0.2) is 59.7 Å². The molecule has 12 heteroatoms. The number of H-pyrrole nitrogens is 1. The predicted molar refractivity (Wildman–Crippen MR) is 143 cm³/mol. The highest BCUT2D eigenvalue weighted by atomic mass is 19.1. The molecule has 2 aromatic carbocycles. The molecule has 2 atom stereocenters. The number of ether oxygens (including phenoxy) is 1. The minimum absolute atomic E-state index is 0.0279. The molecule has 2 unspecified atom stereocenters. The van der Waals surface area contributed by atoms with E-state index in [4.69, 9.17) is 4.74 Å². The SMILES string of the molecule is O=C(Nc1ccc(Oc2ccnc3[nH]nc(N4CCNCC4)c23)c(F)c1)C12CC1CN(c1ccc(F)cc1)C2=O. The van der Waals surface area contributed by atoms with Crippen molar-refractivity contribution in [2.75, 3.05) is 47.8 Å². The van der Waals surface area contributed by atoms with Gasteiger partial charge in [-0.1, -0.05) is 0 Å². The van der Waals surface area contributed by atoms with Gasteiger partial charge in [0.25, 0.3) is 0 Å². The first-order valence-corrected chi connectivity index (χ1v) is 13.1. The lowest BCUT2D eigenvalue weighted by Crippen LogP contribution is -2.43. The normalized spacial score (nSPS) is 21.9. The zero-order valence-corrected chi connectivity index (χ0v) is 21.3. The number of hydrogen-bond acceptors (Lipinski definition) is 7. The summed E-state index contributed by atoms with van der Waals surface area (Å²) in [5.41, 5.74) is 0.1000. The van der Waals surface area contributed by atoms with Gasteiger partial charge in [-0.3, -0.25) is 14.7 Å². The van der Waals surface area contributed by atoms with Gasteiger partial charge < -0.3 is 25.2 Å². The molecule has 1 saturated carbocycles. The van der Waals surface area contributed by atoms with Crippen molar-refractivity contribution in [3.63, 3.8) is 0 Å². The Morgan fingerprint density at radius 1 is 1.07 bits per heavy atom. The van der Waals surface area contributed by atoms with Crippen LogP contribution in [0.4, 0.5) is 26.0 Å². The van der Waals surface area contributed by atoms with Crippen molar-refractivity contribution < 1.29 is 23.1 Å². The van der Waals surface area contributed by atoms with Crippen LogP contribution < -0.4 is 25.2 Å². The minimum atomic E-state index is -1.19. The summed E-state index contributed by atoms with van der Waals surface area (Å²) in [6, 6.07) is 11.4. The molecule has 204 valence electrons. The summed E-state index contributed by atoms with van der Waals surface area (Å²) >= 11 is 0. The van der Waals surface area contributed by atoms with Gasteiger partial charge >= 0.3 is 0 Å². The summed E-state index contributed by atoms with van der Waals surface area (Å²) in [7, 11) is 0. The first kappa shape index (κ1) is 24.5. The van der Waals surface area contributed by atoms with Crippen molar-refractivity contribution in [1.82, 2.24) is 20.5 Å². The number of anilines is 3. The Bertz CT molecular complexity index is 1640. The van der Waals surface area contributed by atoms with E-state index in [0.29, 0.717) is 41.3 Å². The first-order valence-electron chi connectivity index (χ1n) is 13.1. The molecule has 40 heavy (non-hydrogen) atoms. The van der Waals surface area contributed by atoms with Gasteiger partial charge in [0.05, 0.1) is 0 Å². The second-order valence-electron chi connectivity index (χ2n) is 10.3. The molecule has 4 heterocycles. The van der Waals surface area contributed by atoms with E-state index in [0.717, 1.165) is 26.2 Å². The fourth-order valence-electron chi connectivity index (χ4n) is 5.69. The molecule has 3 aliphatic rings. The lowest BCUT2D eigenvalue weighted by Gasteiger charge is -2.27. The van der Waals surface area contributed by atoms with Crippen LogP contribution in [0.15, 0.2) is 54.7 Å². The Balaban J connectivity index is 1.08. The number of fused-ring (bicyclic) bond motifs is 2. The number of amides is 2. The van der Waals surface area contributed by atoms with Gasteiger partial charge in [-0.05, 0) is 42.8 Å². The fourth-order valence-corrected chi connectivity index (χ4v) is 5.69. The summed E-state index contributed by atoms with van der Waals surface area (Å²) in [5.74, 6) is -0.963. The number of benzene rings is 2. The van der Waals surface area contributed by atoms with Crippen LogP contribution in [0.5, 0.6) is 11.5 Å². The largest absolute Gasteiger partial charge is 0.453 e. The Morgan fingerprint density at radius 2 is 1.88 bits per heavy atom. The Morgan fingerprint density at radius 3 is 2.65 bits per heavy atom. The fraction of sp³-hybridized carbons (Fsp3) is 0.286. The van der Waals surface area contributed by atoms with Crippen molar-refractivity contribution in [2.45, 2.75) is 6.42 Å². The van der Waals surface area contributed by atoms with Gasteiger partial charge in [0.15, 0.2) is 23.0 Å². The van der Waals surface area contributed by atoms with Crippen LogP contribution in [0.25, 0.3) is 11.0 Å². The maximum Gasteiger partial charge on any atom is 0.243 e. The molecule has 4 aromatic rings. The third-order valence-corrected chi connectivity index (χ3v) is 7.91. The number of carbonyl (C=O) groups excluding carboxylic acids is 2. The molecular weight excluding hydrogens is 520 g/mol. The highest BCUT2D eigenvalue weighted by Gasteiger charge is 2.71. The highest BCUT2D eigenvalue weighted by Crippen LogP contribution is 2.59. The predicted octanol–water partition coefficient (Wildman–Crippen LogP) is 3.43. The number of piperazine rings is 1. The van der Waals surface area contributed by atoms with E-state index >= 15 is 4.39 Å². The molecule has 3 fully saturated rings. The maximum absolute atomic E-state index is 15.2. The van der Waals surface area contributed by atoms with Crippen molar-refractivity contribution in [2.24, 2.45) is 11.3 Å². The van der Waals surface area contributed by atoms with Crippen molar-refractivity contribution in [3.05, 3.63) is 66.4 Å². The van der Waals surface area contributed by atoms with E-state index in [2.05, 4.69) is 30.7 Å². The lowest BCUT2D eigenvalue weighted by atomic mass is 10.0. The number of hydrogen-bond donors (Lipinski definition) is 3. The number of aromatic nitrogens is 3.